The SMILES string of the molecule is COc1c(NC(C)c2ccccc2)sc(C(C)=O)c1N. The highest BCUT2D eigenvalue weighted by Crippen LogP contribution is 2.43. The molecule has 20 heavy (non-hydrogen) atoms. The van der Waals surface area contributed by atoms with Crippen molar-refractivity contribution in [2.45, 2.75) is 19.9 Å². The van der Waals surface area contributed by atoms with Crippen LogP contribution in [0.2, 0.25) is 0 Å². The molecule has 4 nitrogen and oxygen atoms in total. The van der Waals surface area contributed by atoms with Crippen molar-refractivity contribution >= 4 is 27.8 Å². The molecule has 1 heterocycles. The molecule has 1 atom stereocenters. The Labute approximate surface area is 122 Å². The van der Waals surface area contributed by atoms with Crippen molar-refractivity contribution in [3.8, 4) is 5.75 Å². The number of hydrogen-bond donors (Lipinski definition) is 2. The molecular weight excluding hydrogens is 272 g/mol. The summed E-state index contributed by atoms with van der Waals surface area (Å²) in [6.45, 7) is 3.56. The molecule has 0 radical (unpaired) electrons. The zero-order chi connectivity index (χ0) is 14.7. The lowest BCUT2D eigenvalue weighted by Gasteiger charge is -2.15. The number of rotatable bonds is 5. The number of methoxy groups -OCH3 is 1. The predicted octanol–water partition coefficient (Wildman–Crippen LogP) is 3.71. The molecule has 1 aromatic carbocycles. The van der Waals surface area contributed by atoms with E-state index in [-0.39, 0.29) is 11.8 Å². The Morgan fingerprint density at radius 3 is 2.55 bits per heavy atom. The van der Waals surface area contributed by atoms with E-state index in [2.05, 4.69) is 12.2 Å². The normalized spacial score (nSPS) is 11.9. The maximum atomic E-state index is 11.6. The summed E-state index contributed by atoms with van der Waals surface area (Å²) in [6.07, 6.45) is 0. The summed E-state index contributed by atoms with van der Waals surface area (Å²) in [5.74, 6) is 0.495. The van der Waals surface area contributed by atoms with Gasteiger partial charge in [-0.2, -0.15) is 0 Å². The number of ether oxygens (including phenoxy) is 1. The fourth-order valence-electron chi connectivity index (χ4n) is 2.01. The van der Waals surface area contributed by atoms with Crippen LogP contribution in [0.15, 0.2) is 30.3 Å². The Bertz CT molecular complexity index is 608. The summed E-state index contributed by atoms with van der Waals surface area (Å²) < 4.78 is 5.31. The van der Waals surface area contributed by atoms with Gasteiger partial charge in [-0.3, -0.25) is 4.79 Å². The lowest BCUT2D eigenvalue weighted by Crippen LogP contribution is -2.06. The van der Waals surface area contributed by atoms with Gasteiger partial charge in [0.05, 0.1) is 17.7 Å². The van der Waals surface area contributed by atoms with Crippen LogP contribution in [0.25, 0.3) is 0 Å². The van der Waals surface area contributed by atoms with E-state index in [1.54, 1.807) is 7.11 Å². The first-order chi connectivity index (χ1) is 9.54. The van der Waals surface area contributed by atoms with E-state index in [1.807, 2.05) is 30.3 Å². The van der Waals surface area contributed by atoms with E-state index in [9.17, 15) is 4.79 Å². The third-order valence-corrected chi connectivity index (χ3v) is 4.29. The Morgan fingerprint density at radius 2 is 2.00 bits per heavy atom. The summed E-state index contributed by atoms with van der Waals surface area (Å²) in [6, 6.07) is 10.2. The third-order valence-electron chi connectivity index (χ3n) is 3.07. The summed E-state index contributed by atoms with van der Waals surface area (Å²) in [7, 11) is 1.56. The van der Waals surface area contributed by atoms with Gasteiger partial charge in [-0.05, 0) is 12.5 Å². The molecule has 0 aliphatic heterocycles. The number of carbonyl (C=O) groups is 1. The molecule has 0 bridgehead atoms. The predicted molar refractivity (Wildman–Crippen MR) is 83.8 cm³/mol. The number of hydrogen-bond acceptors (Lipinski definition) is 5. The highest BCUT2D eigenvalue weighted by atomic mass is 32.1. The largest absolute Gasteiger partial charge is 0.492 e. The van der Waals surface area contributed by atoms with Crippen LogP contribution in [0.3, 0.4) is 0 Å². The fourth-order valence-corrected chi connectivity index (χ4v) is 3.08. The smallest absolute Gasteiger partial charge is 0.176 e. The fraction of sp³-hybridized carbons (Fsp3) is 0.267. The Hall–Kier alpha value is -2.01. The van der Waals surface area contributed by atoms with Crippen molar-refractivity contribution in [1.82, 2.24) is 0 Å². The monoisotopic (exact) mass is 290 g/mol. The van der Waals surface area contributed by atoms with E-state index < -0.39 is 0 Å². The van der Waals surface area contributed by atoms with Crippen molar-refractivity contribution < 1.29 is 9.53 Å². The second-order valence-corrected chi connectivity index (χ2v) is 5.56. The van der Waals surface area contributed by atoms with Gasteiger partial charge < -0.3 is 15.8 Å². The molecule has 0 fully saturated rings. The average molecular weight is 290 g/mol. The highest BCUT2D eigenvalue weighted by molar-refractivity contribution is 7.19. The first-order valence-corrected chi connectivity index (χ1v) is 7.15. The van der Waals surface area contributed by atoms with Crippen molar-refractivity contribution in [2.75, 3.05) is 18.2 Å². The molecule has 0 aliphatic rings. The summed E-state index contributed by atoms with van der Waals surface area (Å²) in [5, 5.41) is 4.14. The lowest BCUT2D eigenvalue weighted by molar-refractivity contribution is 0.102. The van der Waals surface area contributed by atoms with Gasteiger partial charge in [-0.1, -0.05) is 30.3 Å². The van der Waals surface area contributed by atoms with E-state index in [1.165, 1.54) is 18.3 Å². The zero-order valence-corrected chi connectivity index (χ0v) is 12.6. The number of anilines is 2. The van der Waals surface area contributed by atoms with E-state index in [0.717, 1.165) is 10.6 Å². The van der Waals surface area contributed by atoms with E-state index >= 15 is 0 Å². The van der Waals surface area contributed by atoms with Crippen molar-refractivity contribution in [3.05, 3.63) is 40.8 Å². The first-order valence-electron chi connectivity index (χ1n) is 6.33. The molecule has 2 rings (SSSR count). The standard InChI is InChI=1S/C15H18N2O2S/c1-9(11-7-5-4-6-8-11)17-15-13(19-3)12(16)14(20-15)10(2)18/h4-9,17H,16H2,1-3H3. The highest BCUT2D eigenvalue weighted by Gasteiger charge is 2.20. The van der Waals surface area contributed by atoms with Gasteiger partial charge in [0.1, 0.15) is 5.00 Å². The minimum Gasteiger partial charge on any atom is -0.492 e. The summed E-state index contributed by atoms with van der Waals surface area (Å²) in [4.78, 5) is 12.1. The van der Waals surface area contributed by atoms with Gasteiger partial charge in [-0.25, -0.2) is 0 Å². The quantitative estimate of drug-likeness (QED) is 0.824. The van der Waals surface area contributed by atoms with E-state index in [4.69, 9.17) is 10.5 Å². The molecule has 0 aliphatic carbocycles. The van der Waals surface area contributed by atoms with Gasteiger partial charge >= 0.3 is 0 Å². The molecule has 0 saturated heterocycles. The van der Waals surface area contributed by atoms with Gasteiger partial charge in [0.2, 0.25) is 0 Å². The number of ketones is 1. The average Bonchev–Trinajstić information content (AvgIpc) is 2.76. The molecular formula is C15H18N2O2S. The van der Waals surface area contributed by atoms with Crippen LogP contribution in [0.4, 0.5) is 10.7 Å². The molecule has 5 heteroatoms. The van der Waals surface area contributed by atoms with Crippen LogP contribution in [0.1, 0.15) is 35.1 Å². The Kier molecular flexibility index (Phi) is 4.29. The number of nitrogens with one attached hydrogen (secondary N) is 1. The minimum absolute atomic E-state index is 0.0498. The van der Waals surface area contributed by atoms with Crippen LogP contribution < -0.4 is 15.8 Å². The summed E-state index contributed by atoms with van der Waals surface area (Å²) in [5.41, 5.74) is 7.52. The van der Waals surface area contributed by atoms with Crippen LogP contribution in [0, 0.1) is 0 Å². The van der Waals surface area contributed by atoms with Crippen LogP contribution in [-0.4, -0.2) is 12.9 Å². The number of Topliss-reactive ketones (excluding diaryl/α,β-unsaturated/α-hetero) is 1. The Morgan fingerprint density at radius 1 is 1.35 bits per heavy atom. The van der Waals surface area contributed by atoms with Gasteiger partial charge in [0, 0.05) is 13.0 Å². The topological polar surface area (TPSA) is 64.3 Å². The van der Waals surface area contributed by atoms with Gasteiger partial charge in [0.15, 0.2) is 11.5 Å². The molecule has 0 spiro atoms. The minimum atomic E-state index is -0.0498. The third kappa shape index (κ3) is 2.77. The number of nitrogen functional groups attached to an aromatic ring is 1. The maximum Gasteiger partial charge on any atom is 0.176 e. The number of benzene rings is 1. The molecule has 2 aromatic rings. The van der Waals surface area contributed by atoms with Crippen molar-refractivity contribution in [2.24, 2.45) is 0 Å². The second-order valence-electron chi connectivity index (χ2n) is 4.54. The molecule has 106 valence electrons. The first kappa shape index (κ1) is 14.4. The molecule has 0 amide bonds. The lowest BCUT2D eigenvalue weighted by atomic mass is 10.1. The van der Waals surface area contributed by atoms with Crippen molar-refractivity contribution in [3.63, 3.8) is 0 Å². The number of thiophene rings is 1. The Balaban J connectivity index is 2.29. The van der Waals surface area contributed by atoms with Crippen LogP contribution in [0.5, 0.6) is 5.75 Å². The molecule has 3 N–H and O–H groups in total. The van der Waals surface area contributed by atoms with Crippen molar-refractivity contribution in [1.29, 1.82) is 0 Å². The van der Waals surface area contributed by atoms with Crippen LogP contribution in [-0.2, 0) is 0 Å². The second kappa shape index (κ2) is 5.96. The molecule has 1 unspecified atom stereocenters. The number of nitrogens with two attached hydrogens (primary N) is 1. The van der Waals surface area contributed by atoms with Gasteiger partial charge in [-0.15, -0.1) is 11.3 Å². The molecule has 0 saturated carbocycles. The molecule has 1 aromatic heterocycles. The maximum absolute atomic E-state index is 11.6. The van der Waals surface area contributed by atoms with Gasteiger partial charge in [0.25, 0.3) is 0 Å². The van der Waals surface area contributed by atoms with Crippen LogP contribution >= 0.6 is 11.3 Å². The summed E-state index contributed by atoms with van der Waals surface area (Å²) >= 11 is 1.33. The van der Waals surface area contributed by atoms with E-state index in [0.29, 0.717) is 16.3 Å². The number of carbonyl (C=O) groups excluding carboxylic acids is 1. The zero-order valence-electron chi connectivity index (χ0n) is 11.8.